The molecule has 3 nitrogen and oxygen atoms in total. The Morgan fingerprint density at radius 1 is 1.05 bits per heavy atom. The molecule has 0 unspecified atom stereocenters. The van der Waals surface area contributed by atoms with Gasteiger partial charge in [-0.15, -0.1) is 0 Å². The largest absolute Gasteiger partial charge is 0.391 e. The van der Waals surface area contributed by atoms with Crippen LogP contribution in [-0.4, -0.2) is 9.67 Å². The predicted octanol–water partition coefficient (Wildman–Crippen LogP) is 3.37. The number of aliphatic hydroxyl groups excluding tert-OH is 1. The van der Waals surface area contributed by atoms with Crippen LogP contribution in [0.15, 0.2) is 41.2 Å². The highest BCUT2D eigenvalue weighted by Gasteiger charge is 2.09. The molecule has 0 saturated heterocycles. The molecule has 0 aliphatic carbocycles. The zero-order chi connectivity index (χ0) is 15.2. The fourth-order valence-electron chi connectivity index (χ4n) is 2.45. The van der Waals surface area contributed by atoms with Gasteiger partial charge in [-0.2, -0.15) is 0 Å². The highest BCUT2D eigenvalue weighted by molar-refractivity contribution is 5.60. The molecule has 0 atom stereocenters. The first-order chi connectivity index (χ1) is 10.2. The molecule has 1 N–H and O–H groups in total. The van der Waals surface area contributed by atoms with Crippen LogP contribution in [0.3, 0.4) is 0 Å². The summed E-state index contributed by atoms with van der Waals surface area (Å²) in [6.45, 7) is 4.72. The minimum Gasteiger partial charge on any atom is -0.391 e. The third kappa shape index (κ3) is 3.42. The van der Waals surface area contributed by atoms with Crippen molar-refractivity contribution in [1.29, 1.82) is 0 Å². The van der Waals surface area contributed by atoms with Gasteiger partial charge in [-0.05, 0) is 36.1 Å². The van der Waals surface area contributed by atoms with Crippen molar-refractivity contribution in [2.75, 3.05) is 0 Å². The topological polar surface area (TPSA) is 42.2 Å². The Bertz CT molecular complexity index is 641. The summed E-state index contributed by atoms with van der Waals surface area (Å²) in [5.41, 5.74) is 3.63. The lowest BCUT2D eigenvalue weighted by Gasteiger charge is -2.14. The smallest absolute Gasteiger partial charge is 0.256 e. The van der Waals surface area contributed by atoms with Gasteiger partial charge in [-0.3, -0.25) is 4.79 Å². The predicted molar refractivity (Wildman–Crippen MR) is 86.3 cm³/mol. The average Bonchev–Trinajstić information content (AvgIpc) is 2.53. The quantitative estimate of drug-likeness (QED) is 0.884. The summed E-state index contributed by atoms with van der Waals surface area (Å²) in [7, 11) is 0. The first kappa shape index (κ1) is 15.5. The number of unbranched alkanes of at least 4 members (excludes halogenated alkanes) is 1. The van der Waals surface area contributed by atoms with E-state index in [0.717, 1.165) is 30.5 Å². The second kappa shape index (κ2) is 7.23. The van der Waals surface area contributed by atoms with E-state index >= 15 is 0 Å². The van der Waals surface area contributed by atoms with Gasteiger partial charge >= 0.3 is 0 Å². The second-order valence-electron chi connectivity index (χ2n) is 5.26. The van der Waals surface area contributed by atoms with Crippen molar-refractivity contribution in [1.82, 2.24) is 4.57 Å². The molecule has 0 radical (unpaired) electrons. The number of aliphatic hydroxyl groups is 1. The Hall–Kier alpha value is -1.87. The molecule has 21 heavy (non-hydrogen) atoms. The minimum atomic E-state index is -0.208. The van der Waals surface area contributed by atoms with E-state index < -0.39 is 0 Å². The maximum absolute atomic E-state index is 12.4. The Kier molecular flexibility index (Phi) is 5.34. The van der Waals surface area contributed by atoms with Crippen molar-refractivity contribution in [3.8, 4) is 11.3 Å². The standard InChI is InChI=1S/C18H23NO2/c1-3-5-12-19-17(11-10-16(13-20)18(19)21)15-8-6-14(4-2)7-9-15/h6-11,20H,3-5,12-13H2,1-2H3. The van der Waals surface area contributed by atoms with E-state index in [1.54, 1.807) is 10.6 Å². The molecule has 0 saturated carbocycles. The molecular weight excluding hydrogens is 262 g/mol. The van der Waals surface area contributed by atoms with Gasteiger partial charge in [0, 0.05) is 12.1 Å². The van der Waals surface area contributed by atoms with E-state index in [2.05, 4.69) is 38.1 Å². The lowest BCUT2D eigenvalue weighted by molar-refractivity contribution is 0.279. The van der Waals surface area contributed by atoms with Crippen LogP contribution >= 0.6 is 0 Å². The van der Waals surface area contributed by atoms with Crippen LogP contribution in [-0.2, 0) is 19.6 Å². The van der Waals surface area contributed by atoms with E-state index in [9.17, 15) is 9.90 Å². The fraction of sp³-hybridized carbons (Fsp3) is 0.389. The lowest BCUT2D eigenvalue weighted by Crippen LogP contribution is -2.25. The molecule has 3 heteroatoms. The molecule has 0 fully saturated rings. The Labute approximate surface area is 125 Å². The molecule has 1 aromatic carbocycles. The number of aryl methyl sites for hydroxylation is 1. The summed E-state index contributed by atoms with van der Waals surface area (Å²) < 4.78 is 1.79. The van der Waals surface area contributed by atoms with Gasteiger partial charge in [0.15, 0.2) is 0 Å². The number of benzene rings is 1. The maximum Gasteiger partial charge on any atom is 0.256 e. The van der Waals surface area contributed by atoms with Crippen molar-refractivity contribution in [3.05, 3.63) is 57.9 Å². The fourth-order valence-corrected chi connectivity index (χ4v) is 2.45. The van der Waals surface area contributed by atoms with Crippen LogP contribution in [0.4, 0.5) is 0 Å². The van der Waals surface area contributed by atoms with E-state index in [1.807, 2.05) is 6.07 Å². The molecule has 1 heterocycles. The second-order valence-corrected chi connectivity index (χ2v) is 5.26. The van der Waals surface area contributed by atoms with Gasteiger partial charge < -0.3 is 9.67 Å². The van der Waals surface area contributed by atoms with Crippen LogP contribution in [0.2, 0.25) is 0 Å². The molecule has 0 aliphatic rings. The van der Waals surface area contributed by atoms with E-state index in [4.69, 9.17) is 0 Å². The zero-order valence-electron chi connectivity index (χ0n) is 12.8. The van der Waals surface area contributed by atoms with E-state index in [1.165, 1.54) is 5.56 Å². The minimum absolute atomic E-state index is 0.0805. The Balaban J connectivity index is 2.50. The molecule has 2 rings (SSSR count). The molecular formula is C18H23NO2. The average molecular weight is 285 g/mol. The third-order valence-electron chi connectivity index (χ3n) is 3.82. The first-order valence-electron chi connectivity index (χ1n) is 7.64. The first-order valence-corrected chi connectivity index (χ1v) is 7.64. The van der Waals surface area contributed by atoms with Gasteiger partial charge in [0.25, 0.3) is 5.56 Å². The molecule has 112 valence electrons. The molecule has 2 aromatic rings. The SMILES string of the molecule is CCCCn1c(-c2ccc(CC)cc2)ccc(CO)c1=O. The monoisotopic (exact) mass is 285 g/mol. The van der Waals surface area contributed by atoms with Crippen LogP contribution < -0.4 is 5.56 Å². The number of hydrogen-bond donors (Lipinski definition) is 1. The molecule has 0 bridgehead atoms. The Morgan fingerprint density at radius 3 is 2.33 bits per heavy atom. The van der Waals surface area contributed by atoms with E-state index in [-0.39, 0.29) is 12.2 Å². The summed E-state index contributed by atoms with van der Waals surface area (Å²) >= 11 is 0. The normalized spacial score (nSPS) is 10.8. The van der Waals surface area contributed by atoms with Gasteiger partial charge in [-0.25, -0.2) is 0 Å². The van der Waals surface area contributed by atoms with Crippen molar-refractivity contribution in [2.45, 2.75) is 46.3 Å². The van der Waals surface area contributed by atoms with Crippen LogP contribution in [0.1, 0.15) is 37.8 Å². The number of rotatable bonds is 6. The van der Waals surface area contributed by atoms with Crippen LogP contribution in [0.25, 0.3) is 11.3 Å². The highest BCUT2D eigenvalue weighted by atomic mass is 16.3. The molecule has 1 aromatic heterocycles. The van der Waals surface area contributed by atoms with Crippen molar-refractivity contribution in [3.63, 3.8) is 0 Å². The van der Waals surface area contributed by atoms with Gasteiger partial charge in [0.05, 0.1) is 12.3 Å². The summed E-state index contributed by atoms with van der Waals surface area (Å²) in [4.78, 5) is 12.4. The van der Waals surface area contributed by atoms with Crippen LogP contribution in [0, 0.1) is 0 Å². The summed E-state index contributed by atoms with van der Waals surface area (Å²) in [5, 5.41) is 9.28. The summed E-state index contributed by atoms with van der Waals surface area (Å²) in [6, 6.07) is 12.0. The van der Waals surface area contributed by atoms with Crippen molar-refractivity contribution in [2.24, 2.45) is 0 Å². The summed E-state index contributed by atoms with van der Waals surface area (Å²) in [5.74, 6) is 0. The number of pyridine rings is 1. The van der Waals surface area contributed by atoms with Gasteiger partial charge in [-0.1, -0.05) is 44.5 Å². The molecule has 0 amide bonds. The Morgan fingerprint density at radius 2 is 1.76 bits per heavy atom. The van der Waals surface area contributed by atoms with Crippen molar-refractivity contribution >= 4 is 0 Å². The van der Waals surface area contributed by atoms with Crippen molar-refractivity contribution < 1.29 is 5.11 Å². The molecule has 0 aliphatic heterocycles. The number of aromatic nitrogens is 1. The highest BCUT2D eigenvalue weighted by Crippen LogP contribution is 2.20. The summed E-state index contributed by atoms with van der Waals surface area (Å²) in [6.07, 6.45) is 2.99. The van der Waals surface area contributed by atoms with Gasteiger partial charge in [0.1, 0.15) is 0 Å². The van der Waals surface area contributed by atoms with Crippen LogP contribution in [0.5, 0.6) is 0 Å². The third-order valence-corrected chi connectivity index (χ3v) is 3.82. The zero-order valence-corrected chi connectivity index (χ0v) is 12.8. The van der Waals surface area contributed by atoms with Gasteiger partial charge in [0.2, 0.25) is 0 Å². The van der Waals surface area contributed by atoms with E-state index in [0.29, 0.717) is 12.1 Å². The number of nitrogens with zero attached hydrogens (tertiary/aromatic N) is 1. The molecule has 0 spiro atoms. The number of hydrogen-bond acceptors (Lipinski definition) is 2. The lowest BCUT2D eigenvalue weighted by atomic mass is 10.1. The maximum atomic E-state index is 12.4.